The molecule has 1 amide bonds. The minimum Gasteiger partial charge on any atom is -0.443 e. The topological polar surface area (TPSA) is 92.4 Å². The number of carbonyl (C=O) groups is 1. The Morgan fingerprint density at radius 2 is 2.17 bits per heavy atom. The Hall–Kier alpha value is -3.06. The van der Waals surface area contributed by atoms with Crippen LogP contribution < -0.4 is 0 Å². The standard InChI is InChI=1S/C22H24N4O3/c1-14-5-3-6-16(9-14)21-20(24-13-29-21)22(28)26-8-4-7-17(11-26)19-18(12-27)10-23-15(2)25-19/h3,5-6,9-10,13,17,27H,4,7-8,11-12H2,1-2H3. The molecule has 0 aliphatic carbocycles. The molecule has 1 atom stereocenters. The molecule has 0 radical (unpaired) electrons. The zero-order valence-corrected chi connectivity index (χ0v) is 16.6. The summed E-state index contributed by atoms with van der Waals surface area (Å²) in [6, 6.07) is 7.83. The normalized spacial score (nSPS) is 16.8. The number of hydrogen-bond donors (Lipinski definition) is 1. The number of hydrogen-bond acceptors (Lipinski definition) is 6. The molecular weight excluding hydrogens is 368 g/mol. The number of oxazole rings is 1. The molecule has 7 heteroatoms. The first-order valence-corrected chi connectivity index (χ1v) is 9.80. The van der Waals surface area contributed by atoms with Crippen molar-refractivity contribution in [3.05, 3.63) is 65.2 Å². The Bertz CT molecular complexity index is 1030. The van der Waals surface area contributed by atoms with Crippen LogP contribution in [-0.2, 0) is 6.61 Å². The number of aliphatic hydroxyl groups excluding tert-OH is 1. The lowest BCUT2D eigenvalue weighted by Crippen LogP contribution is -2.40. The second-order valence-electron chi connectivity index (χ2n) is 7.48. The summed E-state index contributed by atoms with van der Waals surface area (Å²) >= 11 is 0. The van der Waals surface area contributed by atoms with Gasteiger partial charge in [-0.2, -0.15) is 0 Å². The van der Waals surface area contributed by atoms with Gasteiger partial charge in [-0.1, -0.05) is 23.8 Å². The molecule has 4 rings (SSSR count). The highest BCUT2D eigenvalue weighted by Crippen LogP contribution is 2.30. The van der Waals surface area contributed by atoms with Gasteiger partial charge >= 0.3 is 0 Å². The summed E-state index contributed by atoms with van der Waals surface area (Å²) in [6.45, 7) is 4.91. The lowest BCUT2D eigenvalue weighted by molar-refractivity contribution is 0.0700. The van der Waals surface area contributed by atoms with Gasteiger partial charge in [-0.3, -0.25) is 4.79 Å². The zero-order valence-electron chi connectivity index (χ0n) is 16.6. The van der Waals surface area contributed by atoms with Crippen molar-refractivity contribution in [3.8, 4) is 11.3 Å². The molecule has 2 aromatic heterocycles. The highest BCUT2D eigenvalue weighted by molar-refractivity contribution is 5.97. The second-order valence-corrected chi connectivity index (χ2v) is 7.48. The first-order valence-electron chi connectivity index (χ1n) is 9.80. The van der Waals surface area contributed by atoms with Gasteiger partial charge in [-0.05, 0) is 32.8 Å². The fourth-order valence-corrected chi connectivity index (χ4v) is 3.91. The summed E-state index contributed by atoms with van der Waals surface area (Å²) in [7, 11) is 0. The number of aryl methyl sites for hydroxylation is 2. The molecule has 1 saturated heterocycles. The maximum absolute atomic E-state index is 13.3. The number of rotatable bonds is 4. The Morgan fingerprint density at radius 3 is 2.97 bits per heavy atom. The van der Waals surface area contributed by atoms with Crippen LogP contribution in [0.25, 0.3) is 11.3 Å². The van der Waals surface area contributed by atoms with Crippen LogP contribution in [0.1, 0.15) is 51.9 Å². The van der Waals surface area contributed by atoms with Gasteiger partial charge in [0.1, 0.15) is 5.82 Å². The van der Waals surface area contributed by atoms with E-state index in [0.717, 1.165) is 35.2 Å². The van der Waals surface area contributed by atoms with E-state index in [1.165, 1.54) is 6.39 Å². The molecule has 0 saturated carbocycles. The minimum absolute atomic E-state index is 0.0610. The van der Waals surface area contributed by atoms with Crippen molar-refractivity contribution in [2.75, 3.05) is 13.1 Å². The highest BCUT2D eigenvalue weighted by Gasteiger charge is 2.30. The number of likely N-dealkylation sites (tertiary alicyclic amines) is 1. The number of aromatic nitrogens is 3. The minimum atomic E-state index is -0.142. The summed E-state index contributed by atoms with van der Waals surface area (Å²) in [4.78, 5) is 28.0. The van der Waals surface area contributed by atoms with E-state index < -0.39 is 0 Å². The smallest absolute Gasteiger partial charge is 0.276 e. The molecule has 1 N–H and O–H groups in total. The van der Waals surface area contributed by atoms with Crippen LogP contribution in [0.2, 0.25) is 0 Å². The van der Waals surface area contributed by atoms with E-state index in [1.54, 1.807) is 6.20 Å². The Kier molecular flexibility index (Phi) is 5.40. The van der Waals surface area contributed by atoms with Crippen LogP contribution in [0.5, 0.6) is 0 Å². The van der Waals surface area contributed by atoms with Crippen molar-refractivity contribution in [1.29, 1.82) is 0 Å². The maximum atomic E-state index is 13.3. The van der Waals surface area contributed by atoms with E-state index in [-0.39, 0.29) is 18.4 Å². The summed E-state index contributed by atoms with van der Waals surface area (Å²) in [5.74, 6) is 1.08. The molecule has 150 valence electrons. The van der Waals surface area contributed by atoms with Crippen molar-refractivity contribution in [3.63, 3.8) is 0 Å². The first kappa shape index (κ1) is 19.3. The summed E-state index contributed by atoms with van der Waals surface area (Å²) in [6.07, 6.45) is 4.77. The van der Waals surface area contributed by atoms with Gasteiger partial charge in [0.05, 0.1) is 12.3 Å². The van der Waals surface area contributed by atoms with Crippen LogP contribution in [-0.4, -0.2) is 44.0 Å². The average Bonchev–Trinajstić information content (AvgIpc) is 3.23. The van der Waals surface area contributed by atoms with Crippen LogP contribution in [0.4, 0.5) is 0 Å². The number of carbonyl (C=O) groups excluding carboxylic acids is 1. The number of amides is 1. The van der Waals surface area contributed by atoms with E-state index in [1.807, 2.05) is 43.0 Å². The lowest BCUT2D eigenvalue weighted by Gasteiger charge is -2.33. The SMILES string of the molecule is Cc1cccc(-c2ocnc2C(=O)N2CCCC(c3nc(C)ncc3CO)C2)c1. The predicted molar refractivity (Wildman–Crippen MR) is 107 cm³/mol. The van der Waals surface area contributed by atoms with Crippen LogP contribution >= 0.6 is 0 Å². The quantitative estimate of drug-likeness (QED) is 0.733. The first-order chi connectivity index (χ1) is 14.1. The second kappa shape index (κ2) is 8.13. The molecule has 29 heavy (non-hydrogen) atoms. The number of benzene rings is 1. The molecule has 1 aliphatic heterocycles. The maximum Gasteiger partial charge on any atom is 0.276 e. The van der Waals surface area contributed by atoms with E-state index >= 15 is 0 Å². The van der Waals surface area contributed by atoms with E-state index in [9.17, 15) is 9.90 Å². The fraction of sp³-hybridized carbons (Fsp3) is 0.364. The summed E-state index contributed by atoms with van der Waals surface area (Å²) < 4.78 is 5.57. The van der Waals surface area contributed by atoms with E-state index in [0.29, 0.717) is 30.4 Å². The van der Waals surface area contributed by atoms with E-state index in [4.69, 9.17) is 4.42 Å². The van der Waals surface area contributed by atoms with Crippen molar-refractivity contribution >= 4 is 5.91 Å². The molecule has 0 spiro atoms. The van der Waals surface area contributed by atoms with Crippen molar-refractivity contribution in [1.82, 2.24) is 19.9 Å². The predicted octanol–water partition coefficient (Wildman–Crippen LogP) is 3.26. The third-order valence-electron chi connectivity index (χ3n) is 5.33. The third-order valence-corrected chi connectivity index (χ3v) is 5.33. The molecule has 1 aliphatic rings. The molecule has 1 aromatic carbocycles. The summed E-state index contributed by atoms with van der Waals surface area (Å²) in [5.41, 5.74) is 3.81. The van der Waals surface area contributed by atoms with Gasteiger partial charge in [0, 0.05) is 36.3 Å². The van der Waals surface area contributed by atoms with Crippen molar-refractivity contribution in [2.24, 2.45) is 0 Å². The molecule has 0 bridgehead atoms. The van der Waals surface area contributed by atoms with Crippen molar-refractivity contribution in [2.45, 2.75) is 39.2 Å². The molecular formula is C22H24N4O3. The Morgan fingerprint density at radius 1 is 1.31 bits per heavy atom. The van der Waals surface area contributed by atoms with E-state index in [2.05, 4.69) is 15.0 Å². The molecule has 1 fully saturated rings. The largest absolute Gasteiger partial charge is 0.443 e. The monoisotopic (exact) mass is 392 g/mol. The molecule has 1 unspecified atom stereocenters. The summed E-state index contributed by atoms with van der Waals surface area (Å²) in [5, 5.41) is 9.67. The number of aliphatic hydroxyl groups is 1. The Labute approximate surface area is 169 Å². The van der Waals surface area contributed by atoms with Crippen LogP contribution in [0.15, 0.2) is 41.3 Å². The van der Waals surface area contributed by atoms with Gasteiger partial charge in [-0.15, -0.1) is 0 Å². The van der Waals surface area contributed by atoms with Crippen LogP contribution in [0, 0.1) is 13.8 Å². The molecule has 7 nitrogen and oxygen atoms in total. The number of piperidine rings is 1. The van der Waals surface area contributed by atoms with Gasteiger partial charge in [0.2, 0.25) is 0 Å². The zero-order chi connectivity index (χ0) is 20.4. The molecule has 3 aromatic rings. The van der Waals surface area contributed by atoms with Gasteiger partial charge in [-0.25, -0.2) is 15.0 Å². The average molecular weight is 392 g/mol. The number of nitrogens with zero attached hydrogens (tertiary/aromatic N) is 4. The van der Waals surface area contributed by atoms with Crippen LogP contribution in [0.3, 0.4) is 0 Å². The van der Waals surface area contributed by atoms with Gasteiger partial charge in [0.25, 0.3) is 5.91 Å². The highest BCUT2D eigenvalue weighted by atomic mass is 16.3. The van der Waals surface area contributed by atoms with Crippen molar-refractivity contribution < 1.29 is 14.3 Å². The Balaban J connectivity index is 1.60. The van der Waals surface area contributed by atoms with Gasteiger partial charge in [0.15, 0.2) is 17.8 Å². The lowest BCUT2D eigenvalue weighted by atomic mass is 9.91. The fourth-order valence-electron chi connectivity index (χ4n) is 3.91. The van der Waals surface area contributed by atoms with Gasteiger partial charge < -0.3 is 14.4 Å². The molecule has 3 heterocycles. The third kappa shape index (κ3) is 3.91.